The minimum Gasteiger partial charge on any atom is -0.497 e. The van der Waals surface area contributed by atoms with Crippen LogP contribution >= 0.6 is 0 Å². The van der Waals surface area contributed by atoms with E-state index in [0.29, 0.717) is 11.4 Å². The van der Waals surface area contributed by atoms with Crippen LogP contribution < -0.4 is 4.74 Å². The van der Waals surface area contributed by atoms with Crippen LogP contribution in [0.5, 0.6) is 5.75 Å². The number of hydrogen-bond acceptors (Lipinski definition) is 4. The van der Waals surface area contributed by atoms with Gasteiger partial charge in [-0.15, -0.1) is 0 Å². The average molecular weight is 421 g/mol. The number of hydrogen-bond donors (Lipinski definition) is 0. The second-order valence-electron chi connectivity index (χ2n) is 7.74. The predicted molar refractivity (Wildman–Crippen MR) is 116 cm³/mol. The largest absolute Gasteiger partial charge is 0.497 e. The first-order valence-electron chi connectivity index (χ1n) is 10.1. The van der Waals surface area contributed by atoms with Gasteiger partial charge in [0.2, 0.25) is 10.0 Å². The molecule has 0 aliphatic carbocycles. The number of methoxy groups -OCH3 is 1. The van der Waals surface area contributed by atoms with E-state index < -0.39 is 10.0 Å². The molecule has 1 saturated heterocycles. The number of benzene rings is 3. The zero-order valence-corrected chi connectivity index (χ0v) is 17.6. The summed E-state index contributed by atoms with van der Waals surface area (Å²) in [6.45, 7) is 1.25. The molecule has 0 N–H and O–H groups in total. The fourth-order valence-corrected chi connectivity index (χ4v) is 6.31. The predicted octanol–water partition coefficient (Wildman–Crippen LogP) is 4.00. The van der Waals surface area contributed by atoms with E-state index in [0.717, 1.165) is 24.3 Å². The Balaban J connectivity index is 1.62. The van der Waals surface area contributed by atoms with Crippen molar-refractivity contribution in [2.24, 2.45) is 0 Å². The third-order valence-corrected chi connectivity index (χ3v) is 7.99. The Labute approximate surface area is 177 Å². The summed E-state index contributed by atoms with van der Waals surface area (Å²) in [6.07, 6.45) is 0.568. The van der Waals surface area contributed by atoms with E-state index in [9.17, 15) is 8.42 Å². The van der Waals surface area contributed by atoms with E-state index in [-0.39, 0.29) is 12.2 Å². The minimum absolute atomic E-state index is 0.0422. The van der Waals surface area contributed by atoms with Crippen molar-refractivity contribution in [3.05, 3.63) is 95.6 Å². The second-order valence-corrected chi connectivity index (χ2v) is 9.63. The molecule has 5 nitrogen and oxygen atoms in total. The molecule has 0 bridgehead atoms. The SMILES string of the molecule is COc1ccc(C2N3CCc4ccccc4C3CN2S(=O)(=O)c2ccccc2)cc1. The summed E-state index contributed by atoms with van der Waals surface area (Å²) in [5, 5.41) is 0. The first-order valence-corrected chi connectivity index (χ1v) is 11.6. The van der Waals surface area contributed by atoms with Crippen molar-refractivity contribution in [2.75, 3.05) is 20.2 Å². The van der Waals surface area contributed by atoms with Crippen LogP contribution in [0.4, 0.5) is 0 Å². The Bertz CT molecular complexity index is 1150. The number of rotatable bonds is 4. The van der Waals surface area contributed by atoms with Crippen LogP contribution in [0.3, 0.4) is 0 Å². The summed E-state index contributed by atoms with van der Waals surface area (Å²) in [4.78, 5) is 2.65. The molecular formula is C24H24N2O3S. The molecule has 0 saturated carbocycles. The van der Waals surface area contributed by atoms with Gasteiger partial charge in [-0.3, -0.25) is 4.90 Å². The van der Waals surface area contributed by atoms with Crippen molar-refractivity contribution >= 4 is 10.0 Å². The zero-order chi connectivity index (χ0) is 20.7. The highest BCUT2D eigenvalue weighted by Gasteiger charge is 2.48. The second kappa shape index (κ2) is 7.54. The van der Waals surface area contributed by atoms with Crippen LogP contribution in [-0.4, -0.2) is 37.8 Å². The summed E-state index contributed by atoms with van der Waals surface area (Å²) >= 11 is 0. The van der Waals surface area contributed by atoms with E-state index in [2.05, 4.69) is 23.1 Å². The summed E-state index contributed by atoms with van der Waals surface area (Å²) in [5.74, 6) is 0.759. The molecule has 0 amide bonds. The van der Waals surface area contributed by atoms with Gasteiger partial charge in [-0.1, -0.05) is 54.6 Å². The zero-order valence-electron chi connectivity index (χ0n) is 16.8. The molecule has 154 valence electrons. The molecule has 3 aromatic rings. The van der Waals surface area contributed by atoms with Crippen LogP contribution in [0.15, 0.2) is 83.8 Å². The molecule has 1 fully saturated rings. The first-order chi connectivity index (χ1) is 14.6. The summed E-state index contributed by atoms with van der Waals surface area (Å²) in [7, 11) is -2.02. The van der Waals surface area contributed by atoms with Crippen molar-refractivity contribution in [3.63, 3.8) is 0 Å². The standard InChI is InChI=1S/C24H24N2O3S/c1-29-20-13-11-19(12-14-20)24-25-16-15-18-7-5-6-10-22(18)23(25)17-26(24)30(27,28)21-8-3-2-4-9-21/h2-14,23-24H,15-17H2,1H3. The van der Waals surface area contributed by atoms with Gasteiger partial charge in [0.25, 0.3) is 0 Å². The van der Waals surface area contributed by atoms with Crippen LogP contribution in [0.2, 0.25) is 0 Å². The van der Waals surface area contributed by atoms with Crippen molar-refractivity contribution in [2.45, 2.75) is 23.5 Å². The van der Waals surface area contributed by atoms with Gasteiger partial charge in [0.05, 0.1) is 18.0 Å². The molecule has 2 aliphatic heterocycles. The number of ether oxygens (including phenoxy) is 1. The molecule has 3 aromatic carbocycles. The van der Waals surface area contributed by atoms with Gasteiger partial charge >= 0.3 is 0 Å². The monoisotopic (exact) mass is 420 g/mol. The van der Waals surface area contributed by atoms with E-state index in [1.165, 1.54) is 11.1 Å². The smallest absolute Gasteiger partial charge is 0.244 e. The van der Waals surface area contributed by atoms with E-state index in [4.69, 9.17) is 4.74 Å². The highest BCUT2D eigenvalue weighted by molar-refractivity contribution is 7.89. The molecule has 2 unspecified atom stereocenters. The van der Waals surface area contributed by atoms with Crippen LogP contribution in [0.1, 0.15) is 28.9 Å². The van der Waals surface area contributed by atoms with E-state index in [1.54, 1.807) is 35.7 Å². The molecule has 0 spiro atoms. The van der Waals surface area contributed by atoms with Gasteiger partial charge in [-0.25, -0.2) is 8.42 Å². The van der Waals surface area contributed by atoms with Crippen LogP contribution in [0, 0.1) is 0 Å². The molecular weight excluding hydrogens is 396 g/mol. The van der Waals surface area contributed by atoms with Gasteiger partial charge < -0.3 is 4.74 Å². The van der Waals surface area contributed by atoms with Gasteiger partial charge in [0, 0.05) is 13.1 Å². The molecule has 0 radical (unpaired) electrons. The van der Waals surface area contributed by atoms with Crippen molar-refractivity contribution in [3.8, 4) is 5.75 Å². The van der Waals surface area contributed by atoms with Crippen molar-refractivity contribution in [1.82, 2.24) is 9.21 Å². The molecule has 2 atom stereocenters. The molecule has 2 aliphatic rings. The summed E-state index contributed by atoms with van der Waals surface area (Å²) in [5.41, 5.74) is 3.50. The highest BCUT2D eigenvalue weighted by atomic mass is 32.2. The Kier molecular flexibility index (Phi) is 4.85. The normalized spacial score (nSPS) is 21.8. The Hall–Kier alpha value is -2.67. The third kappa shape index (κ3) is 3.12. The highest BCUT2D eigenvalue weighted by Crippen LogP contribution is 2.46. The lowest BCUT2D eigenvalue weighted by Crippen LogP contribution is -2.37. The fourth-order valence-electron chi connectivity index (χ4n) is 4.69. The number of sulfonamides is 1. The Morgan fingerprint density at radius 1 is 0.900 bits per heavy atom. The molecule has 2 heterocycles. The minimum atomic E-state index is -3.65. The van der Waals surface area contributed by atoms with Gasteiger partial charge in [0.15, 0.2) is 0 Å². The summed E-state index contributed by atoms with van der Waals surface area (Å²) in [6, 6.07) is 24.9. The molecule has 0 aromatic heterocycles. The quantitative estimate of drug-likeness (QED) is 0.640. The maximum atomic E-state index is 13.7. The maximum Gasteiger partial charge on any atom is 0.244 e. The lowest BCUT2D eigenvalue weighted by atomic mass is 9.93. The van der Waals surface area contributed by atoms with Gasteiger partial charge in [0.1, 0.15) is 11.9 Å². The van der Waals surface area contributed by atoms with Crippen LogP contribution in [0.25, 0.3) is 0 Å². The van der Waals surface area contributed by atoms with Gasteiger partial charge in [-0.05, 0) is 47.4 Å². The third-order valence-electron chi connectivity index (χ3n) is 6.16. The van der Waals surface area contributed by atoms with E-state index in [1.807, 2.05) is 36.4 Å². The number of fused-ring (bicyclic) bond motifs is 3. The van der Waals surface area contributed by atoms with Crippen LogP contribution in [-0.2, 0) is 16.4 Å². The van der Waals surface area contributed by atoms with E-state index >= 15 is 0 Å². The topological polar surface area (TPSA) is 49.9 Å². The number of nitrogens with zero attached hydrogens (tertiary/aromatic N) is 2. The van der Waals surface area contributed by atoms with Crippen molar-refractivity contribution < 1.29 is 13.2 Å². The Morgan fingerprint density at radius 2 is 1.60 bits per heavy atom. The van der Waals surface area contributed by atoms with Crippen molar-refractivity contribution in [1.29, 1.82) is 0 Å². The average Bonchev–Trinajstić information content (AvgIpc) is 3.21. The molecule has 5 rings (SSSR count). The summed E-state index contributed by atoms with van der Waals surface area (Å²) < 4.78 is 34.3. The molecule has 30 heavy (non-hydrogen) atoms. The molecule has 6 heteroatoms. The van der Waals surface area contributed by atoms with Gasteiger partial charge in [-0.2, -0.15) is 4.31 Å². The first kappa shape index (κ1) is 19.3. The lowest BCUT2D eigenvalue weighted by molar-refractivity contribution is 0.154. The Morgan fingerprint density at radius 3 is 2.33 bits per heavy atom. The maximum absolute atomic E-state index is 13.7. The lowest BCUT2D eigenvalue weighted by Gasteiger charge is -2.35. The fraction of sp³-hybridized carbons (Fsp3) is 0.250.